The number of hydrogen-bond donors (Lipinski definition) is 1. The number of anilines is 1. The largest absolute Gasteiger partial charge is 0.479 e. The van der Waals surface area contributed by atoms with Gasteiger partial charge in [-0.15, -0.1) is 0 Å². The van der Waals surface area contributed by atoms with Crippen molar-refractivity contribution in [3.63, 3.8) is 0 Å². The van der Waals surface area contributed by atoms with E-state index in [4.69, 9.17) is 4.74 Å². The molecule has 21 heavy (non-hydrogen) atoms. The lowest BCUT2D eigenvalue weighted by atomic mass is 10.1. The van der Waals surface area contributed by atoms with Crippen LogP contribution in [0.5, 0.6) is 5.75 Å². The Morgan fingerprint density at radius 3 is 2.52 bits per heavy atom. The molecule has 0 aromatic heterocycles. The van der Waals surface area contributed by atoms with E-state index in [1.807, 2.05) is 44.2 Å². The molecule has 0 radical (unpaired) electrons. The summed E-state index contributed by atoms with van der Waals surface area (Å²) in [4.78, 5) is 10.9. The van der Waals surface area contributed by atoms with E-state index in [2.05, 4.69) is 5.32 Å². The zero-order valence-electron chi connectivity index (χ0n) is 12.1. The Balaban J connectivity index is 2.31. The van der Waals surface area contributed by atoms with Gasteiger partial charge >= 0.3 is 5.69 Å². The third-order valence-electron chi connectivity index (χ3n) is 3.12. The molecule has 0 spiro atoms. The summed E-state index contributed by atoms with van der Waals surface area (Å²) in [5.74, 6) is 0.273. The average molecular weight is 286 g/mol. The standard InChI is InChI=1S/C16H18N2O3/c1-3-17-14-10-7-11-15(16(14)18(19)20)21-12(2)13-8-5-4-6-9-13/h4-12,17H,3H2,1-2H3. The predicted molar refractivity (Wildman–Crippen MR) is 82.7 cm³/mol. The van der Waals surface area contributed by atoms with Crippen LogP contribution in [0.15, 0.2) is 48.5 Å². The van der Waals surface area contributed by atoms with Crippen molar-refractivity contribution < 1.29 is 9.66 Å². The van der Waals surface area contributed by atoms with Gasteiger partial charge in [0.2, 0.25) is 0 Å². The SMILES string of the molecule is CCNc1cccc(OC(C)c2ccccc2)c1[N+](=O)[O-]. The van der Waals surface area contributed by atoms with E-state index in [0.717, 1.165) is 5.56 Å². The molecule has 0 aliphatic heterocycles. The molecule has 2 rings (SSSR count). The van der Waals surface area contributed by atoms with Crippen molar-refractivity contribution in [1.29, 1.82) is 0 Å². The summed E-state index contributed by atoms with van der Waals surface area (Å²) in [7, 11) is 0. The topological polar surface area (TPSA) is 64.4 Å². The smallest absolute Gasteiger partial charge is 0.333 e. The molecule has 5 heteroatoms. The highest BCUT2D eigenvalue weighted by Crippen LogP contribution is 2.37. The second-order valence-corrected chi connectivity index (χ2v) is 4.61. The first-order valence-electron chi connectivity index (χ1n) is 6.86. The van der Waals surface area contributed by atoms with E-state index >= 15 is 0 Å². The average Bonchev–Trinajstić information content (AvgIpc) is 2.48. The number of para-hydroxylation sites is 1. The quantitative estimate of drug-likeness (QED) is 0.639. The molecule has 1 atom stereocenters. The van der Waals surface area contributed by atoms with Crippen molar-refractivity contribution in [1.82, 2.24) is 0 Å². The molecular weight excluding hydrogens is 268 g/mol. The third kappa shape index (κ3) is 3.51. The van der Waals surface area contributed by atoms with Crippen molar-refractivity contribution in [2.24, 2.45) is 0 Å². The van der Waals surface area contributed by atoms with Crippen molar-refractivity contribution in [3.8, 4) is 5.75 Å². The first-order valence-corrected chi connectivity index (χ1v) is 6.86. The highest BCUT2D eigenvalue weighted by atomic mass is 16.6. The van der Waals surface area contributed by atoms with Gasteiger partial charge in [0, 0.05) is 6.54 Å². The maximum absolute atomic E-state index is 11.3. The number of ether oxygens (including phenoxy) is 1. The Morgan fingerprint density at radius 1 is 1.19 bits per heavy atom. The highest BCUT2D eigenvalue weighted by Gasteiger charge is 2.22. The lowest BCUT2D eigenvalue weighted by Crippen LogP contribution is -2.07. The summed E-state index contributed by atoms with van der Waals surface area (Å²) < 4.78 is 5.80. The minimum absolute atomic E-state index is 0.0258. The summed E-state index contributed by atoms with van der Waals surface area (Å²) in [6, 6.07) is 14.7. The molecule has 0 fully saturated rings. The Kier molecular flexibility index (Phi) is 4.77. The van der Waals surface area contributed by atoms with Crippen molar-refractivity contribution >= 4 is 11.4 Å². The van der Waals surface area contributed by atoms with Crippen LogP contribution in [0, 0.1) is 10.1 Å². The van der Waals surface area contributed by atoms with Crippen LogP contribution in [0.3, 0.4) is 0 Å². The molecule has 5 nitrogen and oxygen atoms in total. The molecule has 1 unspecified atom stereocenters. The molecule has 110 valence electrons. The number of hydrogen-bond acceptors (Lipinski definition) is 4. The maximum atomic E-state index is 11.3. The van der Waals surface area contributed by atoms with Gasteiger partial charge in [0.05, 0.1) is 4.92 Å². The minimum atomic E-state index is -0.412. The molecule has 2 aromatic carbocycles. The minimum Gasteiger partial charge on any atom is -0.479 e. The van der Waals surface area contributed by atoms with Gasteiger partial charge in [0.1, 0.15) is 11.8 Å². The van der Waals surface area contributed by atoms with Gasteiger partial charge in [-0.2, -0.15) is 0 Å². The van der Waals surface area contributed by atoms with Crippen LogP contribution in [-0.4, -0.2) is 11.5 Å². The Hall–Kier alpha value is -2.56. The van der Waals surface area contributed by atoms with Crippen molar-refractivity contribution in [3.05, 3.63) is 64.2 Å². The fraction of sp³-hybridized carbons (Fsp3) is 0.250. The van der Waals surface area contributed by atoms with E-state index in [0.29, 0.717) is 12.2 Å². The van der Waals surface area contributed by atoms with Gasteiger partial charge < -0.3 is 10.1 Å². The molecule has 0 amide bonds. The molecule has 0 bridgehead atoms. The van der Waals surface area contributed by atoms with E-state index in [1.165, 1.54) is 0 Å². The van der Waals surface area contributed by atoms with Gasteiger partial charge in [0.25, 0.3) is 0 Å². The summed E-state index contributed by atoms with van der Waals surface area (Å²) >= 11 is 0. The zero-order chi connectivity index (χ0) is 15.2. The molecule has 1 N–H and O–H groups in total. The fourth-order valence-corrected chi connectivity index (χ4v) is 2.12. The summed E-state index contributed by atoms with van der Waals surface area (Å²) in [5, 5.41) is 14.3. The van der Waals surface area contributed by atoms with Gasteiger partial charge in [-0.3, -0.25) is 10.1 Å². The lowest BCUT2D eigenvalue weighted by Gasteiger charge is -2.16. The van der Waals surface area contributed by atoms with E-state index in [1.54, 1.807) is 18.2 Å². The normalized spacial score (nSPS) is 11.7. The fourth-order valence-electron chi connectivity index (χ4n) is 2.12. The molecule has 0 aliphatic rings. The highest BCUT2D eigenvalue weighted by molar-refractivity contribution is 5.68. The Bertz CT molecular complexity index is 614. The first kappa shape index (κ1) is 14.8. The maximum Gasteiger partial charge on any atom is 0.333 e. The number of rotatable bonds is 6. The van der Waals surface area contributed by atoms with Crippen LogP contribution in [0.4, 0.5) is 11.4 Å². The van der Waals surface area contributed by atoms with Gasteiger partial charge in [0.15, 0.2) is 5.75 Å². The zero-order valence-corrected chi connectivity index (χ0v) is 12.1. The molecular formula is C16H18N2O3. The molecule has 2 aromatic rings. The van der Waals surface area contributed by atoms with Crippen molar-refractivity contribution in [2.45, 2.75) is 20.0 Å². The number of benzene rings is 2. The Labute approximate surface area is 123 Å². The Morgan fingerprint density at radius 2 is 1.90 bits per heavy atom. The van der Waals surface area contributed by atoms with Gasteiger partial charge in [-0.1, -0.05) is 36.4 Å². The van der Waals surface area contributed by atoms with Gasteiger partial charge in [-0.05, 0) is 31.5 Å². The van der Waals surface area contributed by atoms with Crippen LogP contribution < -0.4 is 10.1 Å². The molecule has 0 heterocycles. The predicted octanol–water partition coefficient (Wildman–Crippen LogP) is 4.17. The van der Waals surface area contributed by atoms with Crippen molar-refractivity contribution in [2.75, 3.05) is 11.9 Å². The number of nitrogens with zero attached hydrogens (tertiary/aromatic N) is 1. The number of nitrogens with one attached hydrogen (secondary N) is 1. The molecule has 0 aliphatic carbocycles. The molecule has 0 saturated carbocycles. The van der Waals surface area contributed by atoms with Gasteiger partial charge in [-0.25, -0.2) is 0 Å². The van der Waals surface area contributed by atoms with Crippen LogP contribution >= 0.6 is 0 Å². The number of nitro benzene ring substituents is 1. The van der Waals surface area contributed by atoms with E-state index in [9.17, 15) is 10.1 Å². The lowest BCUT2D eigenvalue weighted by molar-refractivity contribution is -0.385. The summed E-state index contributed by atoms with van der Waals surface area (Å²) in [5.41, 5.74) is 1.42. The second-order valence-electron chi connectivity index (χ2n) is 4.61. The third-order valence-corrected chi connectivity index (χ3v) is 3.12. The second kappa shape index (κ2) is 6.74. The number of nitro groups is 1. The summed E-state index contributed by atoms with van der Waals surface area (Å²) in [6.45, 7) is 4.38. The molecule has 0 saturated heterocycles. The van der Waals surface area contributed by atoms with Crippen LogP contribution in [0.1, 0.15) is 25.5 Å². The first-order chi connectivity index (χ1) is 10.1. The van der Waals surface area contributed by atoms with Crippen LogP contribution in [0.25, 0.3) is 0 Å². The van der Waals surface area contributed by atoms with E-state index in [-0.39, 0.29) is 17.5 Å². The van der Waals surface area contributed by atoms with Crippen LogP contribution in [-0.2, 0) is 0 Å². The van der Waals surface area contributed by atoms with E-state index < -0.39 is 4.92 Å². The monoisotopic (exact) mass is 286 g/mol. The summed E-state index contributed by atoms with van der Waals surface area (Å²) in [6.07, 6.45) is -0.262. The van der Waals surface area contributed by atoms with Crippen LogP contribution in [0.2, 0.25) is 0 Å².